The lowest BCUT2D eigenvalue weighted by Gasteiger charge is -2.07. The Kier molecular flexibility index (Phi) is 8.86. The van der Waals surface area contributed by atoms with Crippen molar-refractivity contribution in [2.75, 3.05) is 26.6 Å². The summed E-state index contributed by atoms with van der Waals surface area (Å²) in [7, 11) is 3.13. The second kappa shape index (κ2) is 11.7. The minimum atomic E-state index is -0.769. The second-order valence-electron chi connectivity index (χ2n) is 8.29. The van der Waals surface area contributed by atoms with E-state index in [2.05, 4.69) is 10.2 Å². The van der Waals surface area contributed by atoms with Crippen molar-refractivity contribution in [3.8, 4) is 0 Å². The molecule has 0 spiro atoms. The first-order valence-corrected chi connectivity index (χ1v) is 13.5. The lowest BCUT2D eigenvalue weighted by Crippen LogP contribution is -2.26. The first-order valence-electron chi connectivity index (χ1n) is 11.1. The van der Waals surface area contributed by atoms with Crippen molar-refractivity contribution in [1.29, 1.82) is 0 Å². The van der Waals surface area contributed by atoms with Crippen molar-refractivity contribution in [3.05, 3.63) is 58.7 Å². The van der Waals surface area contributed by atoms with Crippen LogP contribution in [-0.2, 0) is 19.2 Å². The molecule has 0 radical (unpaired) electrons. The number of hydrazone groups is 2. The SMILES string of the molecule is CSc1ccc(C2=NN(C)C(=O)C2C=O)cc1C.CSc1ccc(C2=NN(C)C(=O)C2C=O)cc1C. The number of carbonyl (C=O) groups is 4. The van der Waals surface area contributed by atoms with Crippen molar-refractivity contribution in [1.82, 2.24) is 10.0 Å². The molecule has 2 aromatic rings. The van der Waals surface area contributed by atoms with Crippen molar-refractivity contribution in [2.45, 2.75) is 23.6 Å². The highest BCUT2D eigenvalue weighted by Crippen LogP contribution is 2.26. The van der Waals surface area contributed by atoms with E-state index in [0.29, 0.717) is 24.0 Å². The monoisotopic (exact) mass is 524 g/mol. The molecule has 0 fully saturated rings. The third-order valence-corrected chi connectivity index (χ3v) is 7.72. The molecular weight excluding hydrogens is 496 g/mol. The van der Waals surface area contributed by atoms with E-state index in [1.54, 1.807) is 37.6 Å². The van der Waals surface area contributed by atoms with Crippen LogP contribution in [0, 0.1) is 25.7 Å². The number of aldehydes is 2. The number of aryl methyl sites for hydroxylation is 2. The van der Waals surface area contributed by atoms with Gasteiger partial charge in [0.05, 0.1) is 11.4 Å². The quantitative estimate of drug-likeness (QED) is 0.326. The number of nitrogens with zero attached hydrogens (tertiary/aromatic N) is 4. The van der Waals surface area contributed by atoms with Crippen LogP contribution >= 0.6 is 23.5 Å². The molecule has 2 aliphatic rings. The van der Waals surface area contributed by atoms with E-state index < -0.39 is 11.8 Å². The molecule has 8 nitrogen and oxygen atoms in total. The Balaban J connectivity index is 0.000000201. The minimum absolute atomic E-state index is 0.272. The highest BCUT2D eigenvalue weighted by Gasteiger charge is 2.35. The summed E-state index contributed by atoms with van der Waals surface area (Å²) in [6.07, 6.45) is 5.34. The molecule has 2 aliphatic heterocycles. The van der Waals surface area contributed by atoms with Crippen LogP contribution in [0.25, 0.3) is 0 Å². The topological polar surface area (TPSA) is 99.5 Å². The largest absolute Gasteiger partial charge is 0.302 e. The zero-order valence-electron chi connectivity index (χ0n) is 21.0. The van der Waals surface area contributed by atoms with Crippen molar-refractivity contribution in [2.24, 2.45) is 22.0 Å². The molecular formula is C26H28N4O4S2. The molecule has 0 aromatic heterocycles. The van der Waals surface area contributed by atoms with Gasteiger partial charge in [0, 0.05) is 23.9 Å². The van der Waals surface area contributed by atoms with Crippen LogP contribution in [0.3, 0.4) is 0 Å². The standard InChI is InChI=1S/2C13H14N2O2S/c2*1-8-6-9(4-5-11(8)18-3)12-10(7-16)13(17)15(2)14-12/h2*4-7,10H,1-3H3. The third-order valence-electron chi connectivity index (χ3n) is 5.93. The average Bonchev–Trinajstić information content (AvgIpc) is 3.33. The van der Waals surface area contributed by atoms with Gasteiger partial charge >= 0.3 is 0 Å². The van der Waals surface area contributed by atoms with Crippen LogP contribution in [0.5, 0.6) is 0 Å². The maximum atomic E-state index is 11.7. The Labute approximate surface area is 219 Å². The number of carbonyl (C=O) groups excluding carboxylic acids is 4. The first kappa shape index (κ1) is 27.3. The van der Waals surface area contributed by atoms with Crippen LogP contribution in [-0.4, -0.2) is 72.4 Å². The number of thioether (sulfide) groups is 2. The summed E-state index contributed by atoms with van der Waals surface area (Å²) in [4.78, 5) is 47.8. The molecule has 2 atom stereocenters. The molecule has 0 saturated heterocycles. The molecule has 10 heteroatoms. The molecule has 0 bridgehead atoms. The highest BCUT2D eigenvalue weighted by molar-refractivity contribution is 7.98. The zero-order valence-corrected chi connectivity index (χ0v) is 22.6. The number of amides is 2. The predicted molar refractivity (Wildman–Crippen MR) is 144 cm³/mol. The summed E-state index contributed by atoms with van der Waals surface area (Å²) < 4.78 is 0. The number of benzene rings is 2. The number of hydrogen-bond donors (Lipinski definition) is 0. The Morgan fingerprint density at radius 3 is 1.36 bits per heavy atom. The van der Waals surface area contributed by atoms with Gasteiger partial charge in [0.2, 0.25) is 0 Å². The Hall–Kier alpha value is -3.24. The van der Waals surface area contributed by atoms with Gasteiger partial charge in [0.25, 0.3) is 11.8 Å². The van der Waals surface area contributed by atoms with Crippen molar-refractivity contribution in [3.63, 3.8) is 0 Å². The fourth-order valence-corrected chi connectivity index (χ4v) is 5.15. The summed E-state index contributed by atoms with van der Waals surface area (Å²) in [5.74, 6) is -2.08. The predicted octanol–water partition coefficient (Wildman–Crippen LogP) is 3.42. The zero-order chi connectivity index (χ0) is 26.6. The van der Waals surface area contributed by atoms with Gasteiger partial charge in [-0.25, -0.2) is 10.0 Å². The number of rotatable bonds is 6. The molecule has 4 rings (SSSR count). The van der Waals surface area contributed by atoms with E-state index in [-0.39, 0.29) is 11.8 Å². The summed E-state index contributed by atoms with van der Waals surface area (Å²) >= 11 is 3.34. The minimum Gasteiger partial charge on any atom is -0.302 e. The Morgan fingerprint density at radius 2 is 1.08 bits per heavy atom. The Bertz CT molecular complexity index is 1180. The summed E-state index contributed by atoms with van der Waals surface area (Å²) in [6.45, 7) is 4.01. The molecule has 36 heavy (non-hydrogen) atoms. The van der Waals surface area contributed by atoms with Crippen LogP contribution in [0.1, 0.15) is 22.3 Å². The molecule has 2 amide bonds. The highest BCUT2D eigenvalue weighted by atomic mass is 32.2. The van der Waals surface area contributed by atoms with E-state index in [1.165, 1.54) is 19.8 Å². The molecule has 2 heterocycles. The van der Waals surface area contributed by atoms with Crippen LogP contribution in [0.15, 0.2) is 56.4 Å². The van der Waals surface area contributed by atoms with Crippen LogP contribution < -0.4 is 0 Å². The smallest absolute Gasteiger partial charge is 0.258 e. The molecule has 188 valence electrons. The van der Waals surface area contributed by atoms with E-state index in [9.17, 15) is 19.2 Å². The third kappa shape index (κ3) is 5.44. The van der Waals surface area contributed by atoms with Gasteiger partial charge in [-0.05, 0) is 72.9 Å². The summed E-state index contributed by atoms with van der Waals surface area (Å²) in [6, 6.07) is 11.7. The molecule has 2 aromatic carbocycles. The second-order valence-corrected chi connectivity index (χ2v) is 9.99. The summed E-state index contributed by atoms with van der Waals surface area (Å²) in [5.41, 5.74) is 4.98. The van der Waals surface area contributed by atoms with Gasteiger partial charge in [-0.1, -0.05) is 12.1 Å². The van der Waals surface area contributed by atoms with E-state index in [4.69, 9.17) is 0 Å². The van der Waals surface area contributed by atoms with Gasteiger partial charge in [0.1, 0.15) is 24.4 Å². The lowest BCUT2D eigenvalue weighted by molar-refractivity contribution is -0.133. The van der Waals surface area contributed by atoms with Crippen LogP contribution in [0.2, 0.25) is 0 Å². The first-order chi connectivity index (χ1) is 17.2. The van der Waals surface area contributed by atoms with E-state index in [0.717, 1.165) is 22.3 Å². The fraction of sp³-hybridized carbons (Fsp3) is 0.308. The van der Waals surface area contributed by atoms with E-state index in [1.807, 2.05) is 62.8 Å². The lowest BCUT2D eigenvalue weighted by atomic mass is 9.97. The van der Waals surface area contributed by atoms with E-state index >= 15 is 0 Å². The molecule has 0 N–H and O–H groups in total. The molecule has 0 saturated carbocycles. The normalized spacial score (nSPS) is 19.1. The molecule has 2 unspecified atom stereocenters. The van der Waals surface area contributed by atoms with Gasteiger partial charge in [0.15, 0.2) is 0 Å². The van der Waals surface area contributed by atoms with Gasteiger partial charge < -0.3 is 9.59 Å². The van der Waals surface area contributed by atoms with Gasteiger partial charge in [-0.15, -0.1) is 23.5 Å². The summed E-state index contributed by atoms with van der Waals surface area (Å²) in [5, 5.41) is 10.8. The van der Waals surface area contributed by atoms with Crippen molar-refractivity contribution >= 4 is 59.3 Å². The van der Waals surface area contributed by atoms with Gasteiger partial charge in [-0.3, -0.25) is 9.59 Å². The Morgan fingerprint density at radius 1 is 0.722 bits per heavy atom. The van der Waals surface area contributed by atoms with Crippen LogP contribution in [0.4, 0.5) is 0 Å². The van der Waals surface area contributed by atoms with Crippen molar-refractivity contribution < 1.29 is 19.2 Å². The average molecular weight is 525 g/mol. The molecule has 0 aliphatic carbocycles. The maximum Gasteiger partial charge on any atom is 0.258 e. The maximum absolute atomic E-state index is 11.7. The van der Waals surface area contributed by atoms with Gasteiger partial charge in [-0.2, -0.15) is 10.2 Å². The fourth-order valence-electron chi connectivity index (χ4n) is 3.98. The number of hydrogen-bond acceptors (Lipinski definition) is 8.